The highest BCUT2D eigenvalue weighted by molar-refractivity contribution is 7.86. The second-order valence-corrected chi connectivity index (χ2v) is 15.9. The van der Waals surface area contributed by atoms with Crippen LogP contribution in [-0.4, -0.2) is 112 Å². The number of benzene rings is 4. The molecule has 29 heteroatoms. The van der Waals surface area contributed by atoms with E-state index in [1.165, 1.54) is 0 Å². The van der Waals surface area contributed by atoms with E-state index in [0.717, 1.165) is 30.3 Å². The van der Waals surface area contributed by atoms with E-state index in [0.29, 0.717) is 24.3 Å². The molecule has 0 saturated heterocycles. The smallest absolute Gasteiger partial charge is 0.338 e. The zero-order valence-corrected chi connectivity index (χ0v) is 32.5. The molecule has 0 amide bonds. The fraction of sp³-hybridized carbons (Fsp3) is 0.125. The van der Waals surface area contributed by atoms with Crippen LogP contribution >= 0.6 is 0 Å². The van der Waals surface area contributed by atoms with Crippen LogP contribution in [0.25, 0.3) is 10.8 Å². The summed E-state index contributed by atoms with van der Waals surface area (Å²) in [5.74, 6) is -6.30. The summed E-state index contributed by atoms with van der Waals surface area (Å²) in [5, 5.41) is 90.8. The van der Waals surface area contributed by atoms with Gasteiger partial charge in [-0.1, -0.05) is 0 Å². The molecule has 322 valence electrons. The molecule has 4 aromatic carbocycles. The zero-order valence-electron chi connectivity index (χ0n) is 30.0. The minimum Gasteiger partial charge on any atom is -0.507 e. The number of aliphatic hydroxyl groups excluding tert-OH is 2. The number of azo groups is 3. The van der Waals surface area contributed by atoms with Gasteiger partial charge in [-0.25, -0.2) is 4.79 Å². The van der Waals surface area contributed by atoms with Gasteiger partial charge in [0.1, 0.15) is 63.0 Å². The van der Waals surface area contributed by atoms with Gasteiger partial charge in [-0.15, -0.1) is 25.6 Å². The maximum atomic E-state index is 12.4. The standard InChI is InChI=1S/C32H27N7O19S3/c40-3-5-57-22-13-20(37-39-29-25(61(54,55)56)8-14-7-16(59(48,49)50)10-21(42)27(14)30(29)44)23(58-6-4-41)12-19(22)36-35-18-2-1-15(9-24(18)60(51,52)53)34-38-28-17(32(46)47)11-26(43)33-31(28)45/h1-2,7-13,40-42,44H,3-6H2,(H,46,47)(H2,33,43,45)(H,48,49,50)(H,51,52,53)(H,54,55,56). The molecule has 0 aliphatic carbocycles. The molecular weight excluding hydrogens is 883 g/mol. The van der Waals surface area contributed by atoms with Crippen molar-refractivity contribution in [3.8, 4) is 34.8 Å². The van der Waals surface area contributed by atoms with Crippen LogP contribution in [0.5, 0.6) is 34.8 Å². The van der Waals surface area contributed by atoms with Crippen LogP contribution in [0.1, 0.15) is 10.4 Å². The number of hydrogen-bond acceptors (Lipinski definition) is 22. The van der Waals surface area contributed by atoms with Crippen molar-refractivity contribution in [2.75, 3.05) is 26.4 Å². The van der Waals surface area contributed by atoms with E-state index in [9.17, 15) is 79.5 Å². The van der Waals surface area contributed by atoms with E-state index < -0.39 is 134 Å². The van der Waals surface area contributed by atoms with E-state index in [1.807, 2.05) is 0 Å². The molecule has 0 aliphatic rings. The monoisotopic (exact) mass is 909 g/mol. The van der Waals surface area contributed by atoms with Crippen molar-refractivity contribution < 1.29 is 88.9 Å². The highest BCUT2D eigenvalue weighted by Crippen LogP contribution is 2.47. The molecule has 0 bridgehead atoms. The van der Waals surface area contributed by atoms with E-state index in [4.69, 9.17) is 9.47 Å². The second kappa shape index (κ2) is 17.7. The minimum absolute atomic E-state index is 0.311. The Morgan fingerprint density at radius 2 is 1.18 bits per heavy atom. The average Bonchev–Trinajstić information content (AvgIpc) is 3.16. The average molecular weight is 910 g/mol. The van der Waals surface area contributed by atoms with E-state index in [2.05, 4.69) is 35.7 Å². The number of aliphatic hydroxyl groups is 2. The number of nitrogens with zero attached hydrogens (tertiary/aromatic N) is 7. The van der Waals surface area contributed by atoms with Crippen LogP contribution in [0.2, 0.25) is 0 Å². The van der Waals surface area contributed by atoms with Gasteiger partial charge in [0.15, 0.2) is 11.4 Å². The highest BCUT2D eigenvalue weighted by Gasteiger charge is 2.26. The van der Waals surface area contributed by atoms with Crippen LogP contribution in [0.15, 0.2) is 100.0 Å². The predicted octanol–water partition coefficient (Wildman–Crippen LogP) is 4.48. The molecule has 5 aromatic rings. The van der Waals surface area contributed by atoms with Crippen molar-refractivity contribution in [3.05, 3.63) is 60.2 Å². The Bertz CT molecular complexity index is 3020. The molecule has 0 atom stereocenters. The number of aromatic carboxylic acids is 1. The number of phenolic OH excluding ortho intramolecular Hbond substituents is 2. The van der Waals surface area contributed by atoms with Crippen molar-refractivity contribution in [2.45, 2.75) is 14.7 Å². The molecule has 0 saturated carbocycles. The number of rotatable bonds is 16. The molecule has 61 heavy (non-hydrogen) atoms. The lowest BCUT2D eigenvalue weighted by atomic mass is 10.1. The molecule has 0 aliphatic heterocycles. The first-order valence-corrected chi connectivity index (χ1v) is 20.5. The summed E-state index contributed by atoms with van der Waals surface area (Å²) in [6.45, 7) is -2.05. The predicted molar refractivity (Wildman–Crippen MR) is 202 cm³/mol. The maximum absolute atomic E-state index is 12.4. The Morgan fingerprint density at radius 3 is 1.72 bits per heavy atom. The lowest BCUT2D eigenvalue weighted by Gasteiger charge is -2.13. The molecule has 0 unspecified atom stereocenters. The first-order valence-electron chi connectivity index (χ1n) is 16.2. The fourth-order valence-electron chi connectivity index (χ4n) is 5.06. The minimum atomic E-state index is -5.30. The normalized spacial score (nSPS) is 12.5. The van der Waals surface area contributed by atoms with Crippen molar-refractivity contribution in [1.29, 1.82) is 0 Å². The summed E-state index contributed by atoms with van der Waals surface area (Å²) in [5.41, 5.74) is -4.03. The van der Waals surface area contributed by atoms with Crippen LogP contribution in [-0.2, 0) is 30.4 Å². The molecule has 0 radical (unpaired) electrons. The zero-order chi connectivity index (χ0) is 45.0. The van der Waals surface area contributed by atoms with Crippen molar-refractivity contribution in [1.82, 2.24) is 4.98 Å². The number of phenols is 2. The quantitative estimate of drug-likeness (QED) is 0.0481. The van der Waals surface area contributed by atoms with E-state index in [1.54, 1.807) is 0 Å². The molecule has 26 nitrogen and oxygen atoms in total. The lowest BCUT2D eigenvalue weighted by Crippen LogP contribution is -2.04. The Morgan fingerprint density at radius 1 is 0.623 bits per heavy atom. The third kappa shape index (κ3) is 10.4. The van der Waals surface area contributed by atoms with E-state index >= 15 is 0 Å². The van der Waals surface area contributed by atoms with Crippen molar-refractivity contribution in [2.24, 2.45) is 30.7 Å². The van der Waals surface area contributed by atoms with Gasteiger partial charge in [0.2, 0.25) is 11.8 Å². The molecule has 0 spiro atoms. The van der Waals surface area contributed by atoms with Gasteiger partial charge in [-0.3, -0.25) is 13.7 Å². The second-order valence-electron chi connectivity index (χ2n) is 11.7. The summed E-state index contributed by atoms with van der Waals surface area (Å²) in [6, 6.07) is 7.30. The summed E-state index contributed by atoms with van der Waals surface area (Å²) < 4.78 is 113. The largest absolute Gasteiger partial charge is 0.507 e. The Hall–Kier alpha value is -6.99. The van der Waals surface area contributed by atoms with Gasteiger partial charge in [-0.05, 0) is 35.7 Å². The molecule has 10 N–H and O–H groups in total. The van der Waals surface area contributed by atoms with Crippen LogP contribution in [0, 0.1) is 0 Å². The third-order valence-corrected chi connectivity index (χ3v) is 10.2. The van der Waals surface area contributed by atoms with Gasteiger partial charge < -0.3 is 45.2 Å². The van der Waals surface area contributed by atoms with Gasteiger partial charge in [0, 0.05) is 24.3 Å². The fourth-order valence-corrected chi connectivity index (χ4v) is 6.90. The van der Waals surface area contributed by atoms with Gasteiger partial charge in [-0.2, -0.15) is 35.4 Å². The first kappa shape index (κ1) is 45.1. The number of hydrogen-bond donors (Lipinski definition) is 10. The number of carbonyl (C=O) groups is 1. The molecule has 5 rings (SSSR count). The van der Waals surface area contributed by atoms with Gasteiger partial charge in [0.25, 0.3) is 30.4 Å². The number of carboxylic acid groups (broad SMARTS) is 1. The summed E-state index contributed by atoms with van der Waals surface area (Å²) in [7, 11) is -15.4. The SMILES string of the molecule is O=C(O)c1cc(O)nc(O)c1N=Nc1ccc(N=Nc2cc(OCCO)c(N=Nc3c(S(=O)(=O)O)cc4cc(S(=O)(=O)O)cc(O)c4c3O)cc2OCCO)c(S(=O)(=O)O)c1. The molecule has 1 heterocycles. The number of carboxylic acids is 1. The Labute approximate surface area is 341 Å². The lowest BCUT2D eigenvalue weighted by molar-refractivity contribution is 0.0696. The van der Waals surface area contributed by atoms with Crippen LogP contribution in [0.3, 0.4) is 0 Å². The molecule has 1 aromatic heterocycles. The molecule has 0 fully saturated rings. The number of aromatic hydroxyl groups is 4. The summed E-state index contributed by atoms with van der Waals surface area (Å²) in [6.07, 6.45) is 0. The van der Waals surface area contributed by atoms with Crippen LogP contribution < -0.4 is 9.47 Å². The Kier molecular flexibility index (Phi) is 13.1. The number of pyridine rings is 1. The first-order chi connectivity index (χ1) is 28.5. The number of aromatic nitrogens is 1. The topological polar surface area (TPSA) is 427 Å². The summed E-state index contributed by atoms with van der Waals surface area (Å²) >= 11 is 0. The third-order valence-electron chi connectivity index (χ3n) is 7.62. The van der Waals surface area contributed by atoms with Crippen molar-refractivity contribution in [3.63, 3.8) is 0 Å². The van der Waals surface area contributed by atoms with Crippen LogP contribution in [0.4, 0.5) is 34.1 Å². The van der Waals surface area contributed by atoms with Gasteiger partial charge >= 0.3 is 5.97 Å². The highest BCUT2D eigenvalue weighted by atomic mass is 32.2. The van der Waals surface area contributed by atoms with Gasteiger partial charge in [0.05, 0.1) is 34.7 Å². The molecular formula is C32H27N7O19S3. The van der Waals surface area contributed by atoms with E-state index in [-0.39, 0.29) is 28.6 Å². The maximum Gasteiger partial charge on any atom is 0.338 e. The number of ether oxygens (including phenoxy) is 2. The van der Waals surface area contributed by atoms with Crippen molar-refractivity contribution >= 4 is 81.2 Å². The Balaban J connectivity index is 1.62. The summed E-state index contributed by atoms with van der Waals surface area (Å²) in [4.78, 5) is 11.8. The number of fused-ring (bicyclic) bond motifs is 1.